The van der Waals surface area contributed by atoms with Gasteiger partial charge >= 0.3 is 0 Å². The Bertz CT molecular complexity index is 405. The fourth-order valence-electron chi connectivity index (χ4n) is 2.45. The van der Waals surface area contributed by atoms with Gasteiger partial charge in [-0.25, -0.2) is 9.97 Å². The molecule has 1 saturated heterocycles. The molecule has 5 heteroatoms. The van der Waals surface area contributed by atoms with Gasteiger partial charge in [-0.15, -0.1) is 0 Å². The van der Waals surface area contributed by atoms with Crippen molar-refractivity contribution in [2.75, 3.05) is 30.8 Å². The van der Waals surface area contributed by atoms with Gasteiger partial charge in [0.25, 0.3) is 0 Å². The van der Waals surface area contributed by atoms with Crippen LogP contribution in [0.3, 0.4) is 0 Å². The number of aryl methyl sites for hydroxylation is 1. The SMILES string of the molecule is CCCc1nc(NC)cc(NCCC2CCCCO2)n1. The van der Waals surface area contributed by atoms with Crippen LogP contribution in [0.5, 0.6) is 0 Å². The molecule has 1 aliphatic rings. The summed E-state index contributed by atoms with van der Waals surface area (Å²) in [5, 5.41) is 6.48. The fraction of sp³-hybridized carbons (Fsp3) is 0.733. The molecule has 2 N–H and O–H groups in total. The second-order valence-electron chi connectivity index (χ2n) is 5.26. The van der Waals surface area contributed by atoms with E-state index in [4.69, 9.17) is 4.74 Å². The van der Waals surface area contributed by atoms with Gasteiger partial charge in [0, 0.05) is 32.7 Å². The predicted molar refractivity (Wildman–Crippen MR) is 82.3 cm³/mol. The number of rotatable bonds is 7. The lowest BCUT2D eigenvalue weighted by Gasteiger charge is -2.22. The Morgan fingerprint density at radius 1 is 1.30 bits per heavy atom. The molecule has 1 atom stereocenters. The summed E-state index contributed by atoms with van der Waals surface area (Å²) in [6.45, 7) is 3.96. The highest BCUT2D eigenvalue weighted by molar-refractivity contribution is 5.47. The summed E-state index contributed by atoms with van der Waals surface area (Å²) >= 11 is 0. The highest BCUT2D eigenvalue weighted by atomic mass is 16.5. The lowest BCUT2D eigenvalue weighted by molar-refractivity contribution is 0.0134. The van der Waals surface area contributed by atoms with E-state index in [1.165, 1.54) is 19.3 Å². The minimum atomic E-state index is 0.414. The zero-order chi connectivity index (χ0) is 14.2. The Morgan fingerprint density at radius 3 is 2.85 bits per heavy atom. The van der Waals surface area contributed by atoms with E-state index >= 15 is 0 Å². The van der Waals surface area contributed by atoms with Crippen molar-refractivity contribution >= 4 is 11.6 Å². The average Bonchev–Trinajstić information content (AvgIpc) is 2.48. The summed E-state index contributed by atoms with van der Waals surface area (Å²) in [5.41, 5.74) is 0. The van der Waals surface area contributed by atoms with E-state index in [2.05, 4.69) is 27.5 Å². The van der Waals surface area contributed by atoms with Gasteiger partial charge in [-0.2, -0.15) is 0 Å². The lowest BCUT2D eigenvalue weighted by Crippen LogP contribution is -2.22. The number of hydrogen-bond donors (Lipinski definition) is 2. The summed E-state index contributed by atoms with van der Waals surface area (Å²) < 4.78 is 5.74. The van der Waals surface area contributed by atoms with Crippen LogP contribution in [0.15, 0.2) is 6.07 Å². The number of nitrogens with one attached hydrogen (secondary N) is 2. The Kier molecular flexibility index (Phi) is 6.05. The molecule has 0 aromatic carbocycles. The molecule has 2 heterocycles. The Balaban J connectivity index is 1.85. The molecule has 20 heavy (non-hydrogen) atoms. The first-order valence-electron chi connectivity index (χ1n) is 7.73. The van der Waals surface area contributed by atoms with Crippen LogP contribution >= 0.6 is 0 Å². The largest absolute Gasteiger partial charge is 0.378 e. The average molecular weight is 278 g/mol. The van der Waals surface area contributed by atoms with Crippen molar-refractivity contribution in [3.63, 3.8) is 0 Å². The summed E-state index contributed by atoms with van der Waals surface area (Å²) in [5.74, 6) is 2.68. The lowest BCUT2D eigenvalue weighted by atomic mass is 10.1. The van der Waals surface area contributed by atoms with Crippen LogP contribution in [0.25, 0.3) is 0 Å². The van der Waals surface area contributed by atoms with Crippen molar-refractivity contribution in [3.05, 3.63) is 11.9 Å². The molecule has 1 aliphatic heterocycles. The Morgan fingerprint density at radius 2 is 2.15 bits per heavy atom. The molecule has 5 nitrogen and oxygen atoms in total. The minimum absolute atomic E-state index is 0.414. The van der Waals surface area contributed by atoms with E-state index in [-0.39, 0.29) is 0 Å². The van der Waals surface area contributed by atoms with E-state index < -0.39 is 0 Å². The minimum Gasteiger partial charge on any atom is -0.378 e. The third-order valence-electron chi connectivity index (χ3n) is 3.55. The van der Waals surface area contributed by atoms with E-state index in [0.717, 1.165) is 49.9 Å². The van der Waals surface area contributed by atoms with Crippen molar-refractivity contribution in [2.45, 2.75) is 51.6 Å². The van der Waals surface area contributed by atoms with Gasteiger partial charge in [0.1, 0.15) is 17.5 Å². The molecule has 1 unspecified atom stereocenters. The van der Waals surface area contributed by atoms with Crippen molar-refractivity contribution in [1.82, 2.24) is 9.97 Å². The molecule has 0 aliphatic carbocycles. The predicted octanol–water partition coefficient (Wildman–Crippen LogP) is 2.84. The molecule has 0 spiro atoms. The molecule has 0 saturated carbocycles. The summed E-state index contributed by atoms with van der Waals surface area (Å²) in [4.78, 5) is 9.00. The van der Waals surface area contributed by atoms with Crippen LogP contribution in [0.1, 0.15) is 44.9 Å². The van der Waals surface area contributed by atoms with E-state index in [1.807, 2.05) is 13.1 Å². The standard InChI is InChI=1S/C15H26N4O/c1-3-6-13-18-14(16-2)11-15(19-13)17-9-8-12-7-4-5-10-20-12/h11-12H,3-10H2,1-2H3,(H2,16,17,18,19). The molecule has 0 amide bonds. The normalized spacial score (nSPS) is 18.8. The molecule has 2 rings (SSSR count). The summed E-state index contributed by atoms with van der Waals surface area (Å²) in [6, 6.07) is 1.96. The van der Waals surface area contributed by atoms with Gasteiger partial charge in [-0.3, -0.25) is 0 Å². The van der Waals surface area contributed by atoms with Gasteiger partial charge in [0.2, 0.25) is 0 Å². The van der Waals surface area contributed by atoms with Gasteiger partial charge in [0.05, 0.1) is 6.10 Å². The third kappa shape index (κ3) is 4.63. The van der Waals surface area contributed by atoms with Gasteiger partial charge in [-0.05, 0) is 32.1 Å². The highest BCUT2D eigenvalue weighted by Gasteiger charge is 2.13. The Hall–Kier alpha value is -1.36. The van der Waals surface area contributed by atoms with Crippen LogP contribution in [0.2, 0.25) is 0 Å². The second-order valence-corrected chi connectivity index (χ2v) is 5.26. The Labute approximate surface area is 121 Å². The van der Waals surface area contributed by atoms with Gasteiger partial charge in [0.15, 0.2) is 0 Å². The first-order chi connectivity index (χ1) is 9.81. The first kappa shape index (κ1) is 15.0. The van der Waals surface area contributed by atoms with Crippen LogP contribution in [-0.4, -0.2) is 36.3 Å². The molecule has 1 fully saturated rings. The smallest absolute Gasteiger partial charge is 0.133 e. The maximum atomic E-state index is 5.74. The van der Waals surface area contributed by atoms with E-state index in [0.29, 0.717) is 6.10 Å². The van der Waals surface area contributed by atoms with Crippen molar-refractivity contribution in [2.24, 2.45) is 0 Å². The summed E-state index contributed by atoms with van der Waals surface area (Å²) in [6.07, 6.45) is 7.12. The van der Waals surface area contributed by atoms with Crippen molar-refractivity contribution in [1.29, 1.82) is 0 Å². The maximum absolute atomic E-state index is 5.74. The quantitative estimate of drug-likeness (QED) is 0.803. The second kappa shape index (κ2) is 8.04. The monoisotopic (exact) mass is 278 g/mol. The number of ether oxygens (including phenoxy) is 1. The van der Waals surface area contributed by atoms with Gasteiger partial charge in [-0.1, -0.05) is 6.92 Å². The number of anilines is 2. The van der Waals surface area contributed by atoms with E-state index in [1.54, 1.807) is 0 Å². The fourth-order valence-corrected chi connectivity index (χ4v) is 2.45. The molecule has 1 aromatic rings. The highest BCUT2D eigenvalue weighted by Crippen LogP contribution is 2.16. The van der Waals surface area contributed by atoms with Crippen molar-refractivity contribution in [3.8, 4) is 0 Å². The molecular formula is C15H26N4O. The van der Waals surface area contributed by atoms with Crippen LogP contribution in [-0.2, 0) is 11.2 Å². The zero-order valence-electron chi connectivity index (χ0n) is 12.6. The van der Waals surface area contributed by atoms with Crippen LogP contribution in [0.4, 0.5) is 11.6 Å². The maximum Gasteiger partial charge on any atom is 0.133 e. The number of hydrogen-bond acceptors (Lipinski definition) is 5. The summed E-state index contributed by atoms with van der Waals surface area (Å²) in [7, 11) is 1.89. The zero-order valence-corrected chi connectivity index (χ0v) is 12.6. The van der Waals surface area contributed by atoms with Gasteiger partial charge < -0.3 is 15.4 Å². The first-order valence-corrected chi connectivity index (χ1v) is 7.73. The number of nitrogens with zero attached hydrogens (tertiary/aromatic N) is 2. The van der Waals surface area contributed by atoms with E-state index in [9.17, 15) is 0 Å². The third-order valence-corrected chi connectivity index (χ3v) is 3.55. The van der Waals surface area contributed by atoms with Crippen LogP contribution in [0, 0.1) is 0 Å². The molecule has 1 aromatic heterocycles. The molecule has 0 bridgehead atoms. The molecular weight excluding hydrogens is 252 g/mol. The number of aromatic nitrogens is 2. The molecule has 0 radical (unpaired) electrons. The topological polar surface area (TPSA) is 59.1 Å². The molecule has 112 valence electrons. The van der Waals surface area contributed by atoms with Crippen molar-refractivity contribution < 1.29 is 4.74 Å². The van der Waals surface area contributed by atoms with Crippen LogP contribution < -0.4 is 10.6 Å².